The molecule has 0 saturated carbocycles. The number of nitrogens with one attached hydrogen (secondary N) is 2. The lowest BCUT2D eigenvalue weighted by Gasteiger charge is -2.09. The van der Waals surface area contributed by atoms with E-state index in [1.807, 2.05) is 0 Å². The van der Waals surface area contributed by atoms with E-state index in [4.69, 9.17) is 0 Å². The summed E-state index contributed by atoms with van der Waals surface area (Å²) in [6.07, 6.45) is 1.96. The van der Waals surface area contributed by atoms with Crippen molar-refractivity contribution in [3.8, 4) is 5.75 Å². The van der Waals surface area contributed by atoms with Crippen LogP contribution in [0, 0.1) is 30.3 Å². The van der Waals surface area contributed by atoms with E-state index >= 15 is 0 Å². The van der Waals surface area contributed by atoms with Gasteiger partial charge in [0.1, 0.15) is 5.70 Å². The summed E-state index contributed by atoms with van der Waals surface area (Å²) in [6.45, 7) is 0. The first-order valence-corrected chi connectivity index (χ1v) is 10.4. The van der Waals surface area contributed by atoms with E-state index in [0.29, 0.717) is 11.6 Å². The number of nitrogens with zero attached hydrogens (tertiary/aromatic N) is 4. The molecule has 0 aromatic heterocycles. The number of rotatable bonds is 9. The molecule has 0 atom stereocenters. The Morgan fingerprint density at radius 1 is 0.842 bits per heavy atom. The Kier molecular flexibility index (Phi) is 8.14. The Labute approximate surface area is 212 Å². The third kappa shape index (κ3) is 6.57. The minimum absolute atomic E-state index is 0.197. The van der Waals surface area contributed by atoms with E-state index in [-0.39, 0.29) is 16.9 Å². The molecule has 0 aliphatic heterocycles. The van der Waals surface area contributed by atoms with Crippen molar-refractivity contribution in [3.63, 3.8) is 0 Å². The van der Waals surface area contributed by atoms with Gasteiger partial charge >= 0.3 is 5.69 Å². The van der Waals surface area contributed by atoms with Gasteiger partial charge in [0.25, 0.3) is 23.2 Å². The molecule has 0 aliphatic carbocycles. The van der Waals surface area contributed by atoms with E-state index in [2.05, 4.69) is 15.8 Å². The van der Waals surface area contributed by atoms with Gasteiger partial charge in [-0.1, -0.05) is 18.2 Å². The quantitative estimate of drug-likeness (QED) is 0.163. The SMILES string of the molecule is O=C(NN=Cc1cc([N+](=O)[O-])cc([N+](=O)[O-])c1O)C(=Cc1ccc([N+](=O)[O-])cc1)NC(=O)c1ccccc1. The predicted molar refractivity (Wildman–Crippen MR) is 132 cm³/mol. The second kappa shape index (κ2) is 11.6. The molecule has 0 heterocycles. The van der Waals surface area contributed by atoms with Crippen molar-refractivity contribution >= 4 is 41.2 Å². The molecule has 3 N–H and O–H groups in total. The highest BCUT2D eigenvalue weighted by Crippen LogP contribution is 2.33. The maximum absolute atomic E-state index is 12.8. The highest BCUT2D eigenvalue weighted by molar-refractivity contribution is 6.05. The first-order chi connectivity index (χ1) is 18.1. The zero-order valence-electron chi connectivity index (χ0n) is 19.0. The number of phenols is 1. The predicted octanol–water partition coefficient (Wildman–Crippen LogP) is 3.04. The number of carbonyl (C=O) groups is 2. The molecule has 3 rings (SSSR count). The number of non-ortho nitro benzene ring substituents is 2. The standard InChI is InChI=1S/C23H16N6O9/c30-21-16(11-18(28(35)36)12-20(21)29(37)38)13-24-26-23(32)19(25-22(31)15-4-2-1-3-5-15)10-14-6-8-17(9-7-14)27(33)34/h1-13,30H,(H,25,31)(H,26,32). The first kappa shape index (κ1) is 26.6. The van der Waals surface area contributed by atoms with Gasteiger partial charge in [0.2, 0.25) is 5.75 Å². The van der Waals surface area contributed by atoms with Gasteiger partial charge in [-0.3, -0.25) is 39.9 Å². The van der Waals surface area contributed by atoms with Gasteiger partial charge in [0.05, 0.1) is 32.6 Å². The fraction of sp³-hybridized carbons (Fsp3) is 0. The molecule has 0 fully saturated rings. The number of hydrogen-bond acceptors (Lipinski definition) is 10. The van der Waals surface area contributed by atoms with Crippen LogP contribution >= 0.6 is 0 Å². The van der Waals surface area contributed by atoms with Crippen molar-refractivity contribution in [1.29, 1.82) is 0 Å². The van der Waals surface area contributed by atoms with Crippen LogP contribution in [-0.2, 0) is 4.79 Å². The normalized spacial score (nSPS) is 11.1. The van der Waals surface area contributed by atoms with E-state index in [0.717, 1.165) is 12.3 Å². The van der Waals surface area contributed by atoms with E-state index < -0.39 is 49.3 Å². The summed E-state index contributed by atoms with van der Waals surface area (Å²) in [5, 5.41) is 49.1. The molecular weight excluding hydrogens is 504 g/mol. The van der Waals surface area contributed by atoms with Crippen molar-refractivity contribution in [2.24, 2.45) is 5.10 Å². The second-order valence-corrected chi connectivity index (χ2v) is 7.34. The van der Waals surface area contributed by atoms with E-state index in [9.17, 15) is 45.0 Å². The van der Waals surface area contributed by atoms with Crippen LogP contribution in [0.15, 0.2) is 77.5 Å². The minimum atomic E-state index is -1.03. The number of carbonyl (C=O) groups excluding carboxylic acids is 2. The lowest BCUT2D eigenvalue weighted by molar-refractivity contribution is -0.394. The average molecular weight is 520 g/mol. The number of phenolic OH excluding ortho intramolecular Hbond substituents is 1. The van der Waals surface area contributed by atoms with Crippen molar-refractivity contribution in [2.75, 3.05) is 0 Å². The van der Waals surface area contributed by atoms with E-state index in [1.165, 1.54) is 42.5 Å². The number of nitro groups is 3. The highest BCUT2D eigenvalue weighted by atomic mass is 16.6. The summed E-state index contributed by atoms with van der Waals surface area (Å²) in [5.74, 6) is -2.56. The Hall–Kier alpha value is -5.99. The van der Waals surface area contributed by atoms with Crippen molar-refractivity contribution in [3.05, 3.63) is 119 Å². The zero-order chi connectivity index (χ0) is 27.8. The zero-order valence-corrected chi connectivity index (χ0v) is 19.0. The van der Waals surface area contributed by atoms with Gasteiger partial charge in [-0.05, 0) is 35.9 Å². The molecule has 3 aromatic rings. The molecule has 3 aromatic carbocycles. The summed E-state index contributed by atoms with van der Waals surface area (Å²) in [7, 11) is 0. The number of aromatic hydroxyl groups is 1. The maximum Gasteiger partial charge on any atom is 0.318 e. The van der Waals surface area contributed by atoms with Crippen LogP contribution in [0.25, 0.3) is 6.08 Å². The van der Waals surface area contributed by atoms with Gasteiger partial charge in [0.15, 0.2) is 0 Å². The van der Waals surface area contributed by atoms with E-state index in [1.54, 1.807) is 18.2 Å². The summed E-state index contributed by atoms with van der Waals surface area (Å²) in [6, 6.07) is 14.3. The Morgan fingerprint density at radius 3 is 2.05 bits per heavy atom. The summed E-state index contributed by atoms with van der Waals surface area (Å²) in [4.78, 5) is 55.9. The second-order valence-electron chi connectivity index (χ2n) is 7.34. The third-order valence-electron chi connectivity index (χ3n) is 4.83. The molecule has 0 unspecified atom stereocenters. The van der Waals surface area contributed by atoms with Crippen LogP contribution in [0.5, 0.6) is 5.75 Å². The molecule has 15 heteroatoms. The fourth-order valence-electron chi connectivity index (χ4n) is 2.99. The molecule has 192 valence electrons. The Balaban J connectivity index is 1.90. The monoisotopic (exact) mass is 520 g/mol. The maximum atomic E-state index is 12.8. The topological polar surface area (TPSA) is 220 Å². The largest absolute Gasteiger partial charge is 0.502 e. The van der Waals surface area contributed by atoms with Crippen LogP contribution in [0.3, 0.4) is 0 Å². The summed E-state index contributed by atoms with van der Waals surface area (Å²) < 4.78 is 0. The van der Waals surface area contributed by atoms with Crippen molar-refractivity contribution in [1.82, 2.24) is 10.7 Å². The smallest absolute Gasteiger partial charge is 0.318 e. The van der Waals surface area contributed by atoms with Crippen molar-refractivity contribution in [2.45, 2.75) is 0 Å². The highest BCUT2D eigenvalue weighted by Gasteiger charge is 2.23. The molecule has 15 nitrogen and oxygen atoms in total. The van der Waals surface area contributed by atoms with Crippen LogP contribution < -0.4 is 10.7 Å². The number of hydrazone groups is 1. The Bertz CT molecular complexity index is 1490. The third-order valence-corrected chi connectivity index (χ3v) is 4.83. The van der Waals surface area contributed by atoms with Crippen LogP contribution in [0.1, 0.15) is 21.5 Å². The molecule has 0 saturated heterocycles. The first-order valence-electron chi connectivity index (χ1n) is 10.4. The number of benzene rings is 3. The minimum Gasteiger partial charge on any atom is -0.502 e. The van der Waals surface area contributed by atoms with Gasteiger partial charge in [-0.15, -0.1) is 0 Å². The summed E-state index contributed by atoms with van der Waals surface area (Å²) >= 11 is 0. The molecule has 38 heavy (non-hydrogen) atoms. The van der Waals surface area contributed by atoms with Gasteiger partial charge in [-0.2, -0.15) is 5.10 Å². The van der Waals surface area contributed by atoms with Gasteiger partial charge in [-0.25, -0.2) is 5.43 Å². The number of amides is 2. The number of nitro benzene ring substituents is 3. The average Bonchev–Trinajstić information content (AvgIpc) is 2.89. The van der Waals surface area contributed by atoms with Crippen LogP contribution in [0.2, 0.25) is 0 Å². The lowest BCUT2D eigenvalue weighted by atomic mass is 10.1. The van der Waals surface area contributed by atoms with Crippen LogP contribution in [0.4, 0.5) is 17.1 Å². The van der Waals surface area contributed by atoms with Crippen LogP contribution in [-0.4, -0.2) is 37.9 Å². The molecule has 0 spiro atoms. The molecule has 0 bridgehead atoms. The van der Waals surface area contributed by atoms with Crippen molar-refractivity contribution < 1.29 is 29.5 Å². The fourth-order valence-corrected chi connectivity index (χ4v) is 2.99. The molecule has 0 radical (unpaired) electrons. The summed E-state index contributed by atoms with van der Waals surface area (Å²) in [5.41, 5.74) is -0.0270. The lowest BCUT2D eigenvalue weighted by Crippen LogP contribution is -2.32. The van der Waals surface area contributed by atoms with Gasteiger partial charge in [0, 0.05) is 23.8 Å². The Morgan fingerprint density at radius 2 is 1.47 bits per heavy atom. The molecule has 2 amide bonds. The molecular formula is C23H16N6O9. The van der Waals surface area contributed by atoms with Gasteiger partial charge < -0.3 is 10.4 Å². The number of hydrogen-bond donors (Lipinski definition) is 3. The molecule has 0 aliphatic rings.